The zero-order chi connectivity index (χ0) is 27.0. The summed E-state index contributed by atoms with van der Waals surface area (Å²) in [6.07, 6.45) is 13.1. The number of phenolic OH excluding ortho intramolecular Hbond substituents is 1. The van der Waals surface area contributed by atoms with Crippen molar-refractivity contribution in [3.8, 4) is 17.2 Å². The van der Waals surface area contributed by atoms with E-state index in [0.717, 1.165) is 38.0 Å². The van der Waals surface area contributed by atoms with Crippen LogP contribution in [0.4, 0.5) is 0 Å². The summed E-state index contributed by atoms with van der Waals surface area (Å²) in [5, 5.41) is 9.98. The Bertz CT molecular complexity index is 1200. The maximum absolute atomic E-state index is 11.0. The summed E-state index contributed by atoms with van der Waals surface area (Å²) in [6, 6.07) is 11.7. The lowest BCUT2D eigenvalue weighted by Crippen LogP contribution is -2.45. The summed E-state index contributed by atoms with van der Waals surface area (Å²) in [5.74, 6) is 4.58. The molecule has 1 saturated heterocycles. The number of benzene rings is 2. The average Bonchev–Trinajstić information content (AvgIpc) is 3.29. The summed E-state index contributed by atoms with van der Waals surface area (Å²) in [6.45, 7) is 8.27. The van der Waals surface area contributed by atoms with Crippen LogP contribution in [0.1, 0.15) is 85.7 Å². The molecular formula is C34H42O5. The van der Waals surface area contributed by atoms with Crippen molar-refractivity contribution in [3.63, 3.8) is 0 Å². The van der Waals surface area contributed by atoms with Crippen molar-refractivity contribution >= 4 is 6.29 Å². The number of ether oxygens (including phenoxy) is 3. The minimum atomic E-state index is -0.112. The van der Waals surface area contributed by atoms with Gasteiger partial charge in [-0.1, -0.05) is 19.1 Å². The van der Waals surface area contributed by atoms with E-state index in [1.54, 1.807) is 18.2 Å². The van der Waals surface area contributed by atoms with Crippen LogP contribution in [0, 0.1) is 29.1 Å². The number of carbonyl (C=O) groups is 1. The quantitative estimate of drug-likeness (QED) is 0.283. The van der Waals surface area contributed by atoms with Crippen LogP contribution in [-0.2, 0) is 11.2 Å². The molecular weight excluding hydrogens is 488 g/mol. The first-order valence-electron chi connectivity index (χ1n) is 14.9. The normalized spacial score (nSPS) is 33.4. The maximum Gasteiger partial charge on any atom is 0.199 e. The Labute approximate surface area is 232 Å². The molecule has 0 amide bonds. The summed E-state index contributed by atoms with van der Waals surface area (Å²) in [4.78, 5) is 11.0. The van der Waals surface area contributed by atoms with Gasteiger partial charge in [0.25, 0.3) is 0 Å². The van der Waals surface area contributed by atoms with Crippen molar-refractivity contribution < 1.29 is 24.1 Å². The largest absolute Gasteiger partial charge is 0.507 e. The van der Waals surface area contributed by atoms with Gasteiger partial charge in [0.2, 0.25) is 0 Å². The molecule has 5 unspecified atom stereocenters. The Hall–Kier alpha value is -2.79. The molecule has 2 aromatic carbocycles. The van der Waals surface area contributed by atoms with Crippen molar-refractivity contribution in [3.05, 3.63) is 65.7 Å². The van der Waals surface area contributed by atoms with E-state index in [1.807, 2.05) is 0 Å². The van der Waals surface area contributed by atoms with E-state index in [-0.39, 0.29) is 17.6 Å². The number of rotatable bonds is 8. The van der Waals surface area contributed by atoms with Crippen LogP contribution >= 0.6 is 0 Å². The molecule has 7 atom stereocenters. The predicted molar refractivity (Wildman–Crippen MR) is 151 cm³/mol. The molecule has 39 heavy (non-hydrogen) atoms. The standard InChI is InChI=1S/C34H42O5/c1-3-22-18-24-19-27(39-32-6-4-5-16-38-32)10-11-28(24)29-13-15-34(2)25(8-12-30(34)33(22)29)14-17-37-26-9-7-23(21-35)31(36)20-26/h3,7,9-11,19-22,25,29-30,32-33,36H,1,4-6,8,12-18H2,2H3/t22-,25-,29?,30?,32?,33?,34?/m1/s1. The van der Waals surface area contributed by atoms with Crippen molar-refractivity contribution in [2.24, 2.45) is 29.1 Å². The Balaban J connectivity index is 1.14. The first-order chi connectivity index (χ1) is 19.0. The molecule has 2 saturated carbocycles. The van der Waals surface area contributed by atoms with E-state index >= 15 is 0 Å². The Morgan fingerprint density at radius 2 is 1.97 bits per heavy atom. The predicted octanol–water partition coefficient (Wildman–Crippen LogP) is 7.46. The Morgan fingerprint density at radius 3 is 2.74 bits per heavy atom. The molecule has 5 heteroatoms. The van der Waals surface area contributed by atoms with E-state index in [0.29, 0.717) is 53.6 Å². The van der Waals surface area contributed by atoms with E-state index in [2.05, 4.69) is 37.8 Å². The summed E-state index contributed by atoms with van der Waals surface area (Å²) >= 11 is 0. The van der Waals surface area contributed by atoms with Gasteiger partial charge in [-0.05, 0) is 122 Å². The molecule has 4 aliphatic rings. The van der Waals surface area contributed by atoms with Gasteiger partial charge in [-0.3, -0.25) is 4.79 Å². The number of hydrogen-bond donors (Lipinski definition) is 1. The Morgan fingerprint density at radius 1 is 1.10 bits per heavy atom. The molecule has 0 bridgehead atoms. The highest BCUT2D eigenvalue weighted by atomic mass is 16.7. The summed E-state index contributed by atoms with van der Waals surface area (Å²) < 4.78 is 18.1. The SMILES string of the molecule is C=C[C@@H]1Cc2cc(OC3CCCCO3)ccc2C2CCC3(C)C(CC[C@@H]3CCOc3ccc(C=O)c(O)c3)C21. The van der Waals surface area contributed by atoms with E-state index < -0.39 is 0 Å². The fourth-order valence-corrected chi connectivity index (χ4v) is 8.55. The van der Waals surface area contributed by atoms with Gasteiger partial charge in [-0.2, -0.15) is 0 Å². The van der Waals surface area contributed by atoms with Crippen molar-refractivity contribution in [1.82, 2.24) is 0 Å². The molecule has 3 fully saturated rings. The molecule has 2 aromatic rings. The zero-order valence-corrected chi connectivity index (χ0v) is 23.1. The fourth-order valence-electron chi connectivity index (χ4n) is 8.55. The highest BCUT2D eigenvalue weighted by Crippen LogP contribution is 2.64. The minimum Gasteiger partial charge on any atom is -0.507 e. The van der Waals surface area contributed by atoms with Gasteiger partial charge in [-0.15, -0.1) is 6.58 Å². The van der Waals surface area contributed by atoms with Gasteiger partial charge in [0.15, 0.2) is 12.6 Å². The molecule has 0 radical (unpaired) electrons. The van der Waals surface area contributed by atoms with Crippen LogP contribution in [-0.4, -0.2) is 30.9 Å². The van der Waals surface area contributed by atoms with Gasteiger partial charge >= 0.3 is 0 Å². The second-order valence-corrected chi connectivity index (χ2v) is 12.5. The second kappa shape index (κ2) is 11.0. The first kappa shape index (κ1) is 26.4. The lowest BCUT2D eigenvalue weighted by molar-refractivity contribution is -0.105. The van der Waals surface area contributed by atoms with Crippen LogP contribution < -0.4 is 9.47 Å². The van der Waals surface area contributed by atoms with E-state index in [9.17, 15) is 9.90 Å². The van der Waals surface area contributed by atoms with Crippen LogP contribution in [0.3, 0.4) is 0 Å². The van der Waals surface area contributed by atoms with Crippen LogP contribution in [0.25, 0.3) is 0 Å². The number of aromatic hydroxyl groups is 1. The highest BCUT2D eigenvalue weighted by Gasteiger charge is 2.56. The van der Waals surface area contributed by atoms with Gasteiger partial charge in [0.05, 0.1) is 18.8 Å². The number of carbonyl (C=O) groups excluding carboxylic acids is 1. The third-order valence-corrected chi connectivity index (χ3v) is 10.6. The van der Waals surface area contributed by atoms with Gasteiger partial charge < -0.3 is 19.3 Å². The molecule has 0 spiro atoms. The molecule has 208 valence electrons. The first-order valence-corrected chi connectivity index (χ1v) is 14.9. The van der Waals surface area contributed by atoms with Crippen molar-refractivity contribution in [2.75, 3.05) is 13.2 Å². The lowest BCUT2D eigenvalue weighted by atomic mass is 9.51. The monoisotopic (exact) mass is 530 g/mol. The van der Waals surface area contributed by atoms with Crippen molar-refractivity contribution in [1.29, 1.82) is 0 Å². The number of fused-ring (bicyclic) bond motifs is 5. The van der Waals surface area contributed by atoms with Gasteiger partial charge in [0, 0.05) is 12.5 Å². The molecule has 1 heterocycles. The smallest absolute Gasteiger partial charge is 0.199 e. The Kier molecular flexibility index (Phi) is 7.45. The average molecular weight is 531 g/mol. The maximum atomic E-state index is 11.0. The number of aldehydes is 1. The van der Waals surface area contributed by atoms with Crippen LogP contribution in [0.15, 0.2) is 49.1 Å². The van der Waals surface area contributed by atoms with E-state index in [1.165, 1.54) is 43.2 Å². The topological polar surface area (TPSA) is 65.0 Å². The zero-order valence-electron chi connectivity index (χ0n) is 23.1. The molecule has 1 aliphatic heterocycles. The van der Waals surface area contributed by atoms with Crippen LogP contribution in [0.2, 0.25) is 0 Å². The third-order valence-electron chi connectivity index (χ3n) is 10.6. The third kappa shape index (κ3) is 4.99. The number of hydrogen-bond acceptors (Lipinski definition) is 5. The van der Waals surface area contributed by atoms with Crippen LogP contribution in [0.5, 0.6) is 17.2 Å². The van der Waals surface area contributed by atoms with Gasteiger partial charge in [-0.25, -0.2) is 0 Å². The number of phenols is 1. The molecule has 5 nitrogen and oxygen atoms in total. The number of allylic oxidation sites excluding steroid dienone is 1. The van der Waals surface area contributed by atoms with Gasteiger partial charge in [0.1, 0.15) is 17.2 Å². The van der Waals surface area contributed by atoms with E-state index in [4.69, 9.17) is 14.2 Å². The minimum absolute atomic E-state index is 0.0252. The summed E-state index contributed by atoms with van der Waals surface area (Å²) in [7, 11) is 0. The fraction of sp³-hybridized carbons (Fsp3) is 0.559. The highest BCUT2D eigenvalue weighted by molar-refractivity contribution is 5.79. The molecule has 6 rings (SSSR count). The van der Waals surface area contributed by atoms with Crippen molar-refractivity contribution in [2.45, 2.75) is 76.9 Å². The summed E-state index contributed by atoms with van der Waals surface area (Å²) in [5.41, 5.74) is 3.57. The lowest BCUT2D eigenvalue weighted by Gasteiger charge is -2.53. The molecule has 3 aliphatic carbocycles. The molecule has 0 aromatic heterocycles. The second-order valence-electron chi connectivity index (χ2n) is 12.5. The molecule has 1 N–H and O–H groups in total.